The highest BCUT2D eigenvalue weighted by atomic mass is 32.2. The predicted molar refractivity (Wildman–Crippen MR) is 113 cm³/mol. The molecule has 0 saturated carbocycles. The number of hydrogen-bond acceptors (Lipinski definition) is 6. The molecule has 2 aromatic carbocycles. The van der Waals surface area contributed by atoms with Crippen LogP contribution in [0.25, 0.3) is 0 Å². The fraction of sp³-hybridized carbons (Fsp3) is 0.227. The van der Waals surface area contributed by atoms with Gasteiger partial charge in [0.1, 0.15) is 17.7 Å². The average Bonchev–Trinajstić information content (AvgIpc) is 3.15. The van der Waals surface area contributed by atoms with Crippen LogP contribution in [0.1, 0.15) is 31.0 Å². The Kier molecular flexibility index (Phi) is 6.03. The molecule has 4 rings (SSSR count). The normalized spacial score (nSPS) is 15.4. The third-order valence-electron chi connectivity index (χ3n) is 4.83. The number of fused-ring (bicyclic) bond motifs is 1. The number of aromatic nitrogens is 3. The fourth-order valence-corrected chi connectivity index (χ4v) is 4.19. The molecule has 1 unspecified atom stereocenters. The summed E-state index contributed by atoms with van der Waals surface area (Å²) in [7, 11) is 0. The number of rotatable bonds is 6. The first-order valence-corrected chi connectivity index (χ1v) is 10.7. The van der Waals surface area contributed by atoms with Crippen molar-refractivity contribution in [1.82, 2.24) is 14.8 Å². The van der Waals surface area contributed by atoms with E-state index in [9.17, 15) is 13.6 Å². The Morgan fingerprint density at radius 2 is 1.94 bits per heavy atom. The maximum absolute atomic E-state index is 13.9. The molecule has 0 amide bonds. The molecule has 1 atom stereocenters. The van der Waals surface area contributed by atoms with E-state index in [1.165, 1.54) is 30.0 Å². The number of ether oxygens (including phenoxy) is 1. The van der Waals surface area contributed by atoms with E-state index >= 15 is 0 Å². The van der Waals surface area contributed by atoms with Crippen LogP contribution in [-0.4, -0.2) is 27.3 Å². The molecule has 1 aliphatic rings. The summed E-state index contributed by atoms with van der Waals surface area (Å²) in [5, 5.41) is 8.07. The van der Waals surface area contributed by atoms with Gasteiger partial charge in [0, 0.05) is 11.4 Å². The SMILES string of the molecule is CCOC(=O)C1=C(C)Nc2nc(SCc3ccccc3F)nn2C1c1ccc(F)cc1. The first-order valence-electron chi connectivity index (χ1n) is 9.71. The molecule has 160 valence electrons. The molecule has 0 saturated heterocycles. The van der Waals surface area contributed by atoms with Gasteiger partial charge in [-0.05, 0) is 43.2 Å². The quantitative estimate of drug-likeness (QED) is 0.441. The van der Waals surface area contributed by atoms with E-state index in [-0.39, 0.29) is 18.2 Å². The number of nitrogens with one attached hydrogen (secondary N) is 1. The summed E-state index contributed by atoms with van der Waals surface area (Å²) in [6.07, 6.45) is 0. The van der Waals surface area contributed by atoms with E-state index in [4.69, 9.17) is 4.74 Å². The number of carbonyl (C=O) groups is 1. The van der Waals surface area contributed by atoms with Crippen molar-refractivity contribution in [1.29, 1.82) is 0 Å². The van der Waals surface area contributed by atoms with Gasteiger partial charge < -0.3 is 10.1 Å². The predicted octanol–water partition coefficient (Wildman–Crippen LogP) is 4.70. The highest BCUT2D eigenvalue weighted by Gasteiger charge is 2.35. The van der Waals surface area contributed by atoms with Crippen molar-refractivity contribution < 1.29 is 18.3 Å². The lowest BCUT2D eigenvalue weighted by molar-refractivity contribution is -0.139. The monoisotopic (exact) mass is 442 g/mol. The zero-order valence-corrected chi connectivity index (χ0v) is 17.7. The third-order valence-corrected chi connectivity index (χ3v) is 5.72. The van der Waals surface area contributed by atoms with Gasteiger partial charge in [0.2, 0.25) is 11.1 Å². The number of anilines is 1. The molecule has 1 aliphatic heterocycles. The highest BCUT2D eigenvalue weighted by Crippen LogP contribution is 2.37. The zero-order chi connectivity index (χ0) is 22.0. The van der Waals surface area contributed by atoms with Crippen molar-refractivity contribution in [2.24, 2.45) is 0 Å². The first-order chi connectivity index (χ1) is 15.0. The van der Waals surface area contributed by atoms with Crippen LogP contribution < -0.4 is 5.32 Å². The fourth-order valence-electron chi connectivity index (χ4n) is 3.38. The summed E-state index contributed by atoms with van der Waals surface area (Å²) in [4.78, 5) is 17.2. The molecule has 0 spiro atoms. The molecule has 2 heterocycles. The summed E-state index contributed by atoms with van der Waals surface area (Å²) in [5.41, 5.74) is 2.17. The Hall–Kier alpha value is -3.20. The minimum atomic E-state index is -0.633. The Labute approximate surface area is 182 Å². The van der Waals surface area contributed by atoms with Crippen LogP contribution in [-0.2, 0) is 15.3 Å². The molecule has 31 heavy (non-hydrogen) atoms. The smallest absolute Gasteiger partial charge is 0.338 e. The zero-order valence-electron chi connectivity index (χ0n) is 16.9. The van der Waals surface area contributed by atoms with Gasteiger partial charge in [0.15, 0.2) is 0 Å². The molecule has 1 N–H and O–H groups in total. The Bertz CT molecular complexity index is 1140. The van der Waals surface area contributed by atoms with Crippen molar-refractivity contribution in [3.8, 4) is 0 Å². The van der Waals surface area contributed by atoms with Crippen LogP contribution in [0.3, 0.4) is 0 Å². The number of hydrogen-bond donors (Lipinski definition) is 1. The molecule has 1 aromatic heterocycles. The van der Waals surface area contributed by atoms with Gasteiger partial charge in [-0.2, -0.15) is 4.98 Å². The second-order valence-corrected chi connectivity index (χ2v) is 7.82. The Morgan fingerprint density at radius 1 is 1.19 bits per heavy atom. The van der Waals surface area contributed by atoms with Crippen LogP contribution in [0, 0.1) is 11.6 Å². The van der Waals surface area contributed by atoms with Crippen LogP contribution in [0.2, 0.25) is 0 Å². The topological polar surface area (TPSA) is 69.0 Å². The number of allylic oxidation sites excluding steroid dienone is 1. The van der Waals surface area contributed by atoms with Crippen molar-refractivity contribution >= 4 is 23.7 Å². The number of esters is 1. The van der Waals surface area contributed by atoms with Gasteiger partial charge in [-0.25, -0.2) is 18.3 Å². The summed E-state index contributed by atoms with van der Waals surface area (Å²) >= 11 is 1.28. The highest BCUT2D eigenvalue weighted by molar-refractivity contribution is 7.98. The number of nitrogens with zero attached hydrogens (tertiary/aromatic N) is 3. The third kappa shape index (κ3) is 4.32. The van der Waals surface area contributed by atoms with Gasteiger partial charge in [0.05, 0.1) is 12.2 Å². The van der Waals surface area contributed by atoms with Gasteiger partial charge in [-0.1, -0.05) is 42.1 Å². The summed E-state index contributed by atoms with van der Waals surface area (Å²) in [6.45, 7) is 3.71. The van der Waals surface area contributed by atoms with Crippen molar-refractivity contribution in [3.63, 3.8) is 0 Å². The van der Waals surface area contributed by atoms with E-state index in [2.05, 4.69) is 15.4 Å². The number of carbonyl (C=O) groups excluding carboxylic acids is 1. The van der Waals surface area contributed by atoms with Gasteiger partial charge >= 0.3 is 5.97 Å². The van der Waals surface area contributed by atoms with Gasteiger partial charge in [-0.15, -0.1) is 5.10 Å². The van der Waals surface area contributed by atoms with E-state index in [0.29, 0.717) is 39.3 Å². The molecule has 6 nitrogen and oxygen atoms in total. The Balaban J connectivity index is 1.70. The molecule has 3 aromatic rings. The van der Waals surface area contributed by atoms with E-state index in [1.807, 2.05) is 0 Å². The number of thioether (sulfide) groups is 1. The minimum Gasteiger partial charge on any atom is -0.463 e. The van der Waals surface area contributed by atoms with Gasteiger partial charge in [0.25, 0.3) is 0 Å². The number of benzene rings is 2. The number of halogens is 2. The lowest BCUT2D eigenvalue weighted by Crippen LogP contribution is -2.29. The molecule has 0 aliphatic carbocycles. The maximum atomic E-state index is 13.9. The Morgan fingerprint density at radius 3 is 2.65 bits per heavy atom. The van der Waals surface area contributed by atoms with Gasteiger partial charge in [-0.3, -0.25) is 0 Å². The second-order valence-electron chi connectivity index (χ2n) is 6.88. The standard InChI is InChI=1S/C22H20F2N4O2S/c1-3-30-20(29)18-13(2)25-21-26-22(31-12-15-6-4-5-7-17(15)24)27-28(21)19(18)14-8-10-16(23)11-9-14/h4-11,19H,3,12H2,1-2H3,(H,25,26,27). The van der Waals surface area contributed by atoms with Crippen LogP contribution in [0.15, 0.2) is 65.0 Å². The molecular weight excluding hydrogens is 422 g/mol. The lowest BCUT2D eigenvalue weighted by Gasteiger charge is -2.28. The van der Waals surface area contributed by atoms with E-state index in [1.54, 1.807) is 48.9 Å². The van der Waals surface area contributed by atoms with Crippen LogP contribution >= 0.6 is 11.8 Å². The maximum Gasteiger partial charge on any atom is 0.338 e. The molecule has 0 fully saturated rings. The summed E-state index contributed by atoms with van der Waals surface area (Å²) in [5.74, 6) is -0.354. The van der Waals surface area contributed by atoms with E-state index in [0.717, 1.165) is 0 Å². The second kappa shape index (κ2) is 8.89. The van der Waals surface area contributed by atoms with Crippen molar-refractivity contribution in [2.75, 3.05) is 11.9 Å². The van der Waals surface area contributed by atoms with E-state index < -0.39 is 12.0 Å². The molecule has 9 heteroatoms. The average molecular weight is 442 g/mol. The van der Waals surface area contributed by atoms with Crippen LogP contribution in [0.4, 0.5) is 14.7 Å². The lowest BCUT2D eigenvalue weighted by atomic mass is 9.96. The molecular formula is C22H20F2N4O2S. The minimum absolute atomic E-state index is 0.222. The van der Waals surface area contributed by atoms with Crippen LogP contribution in [0.5, 0.6) is 0 Å². The van der Waals surface area contributed by atoms with Crippen molar-refractivity contribution in [2.45, 2.75) is 30.8 Å². The molecule has 0 bridgehead atoms. The first kappa shape index (κ1) is 21.0. The molecule has 0 radical (unpaired) electrons. The largest absolute Gasteiger partial charge is 0.463 e. The summed E-state index contributed by atoms with van der Waals surface area (Å²) in [6, 6.07) is 11.8. The van der Waals surface area contributed by atoms with Crippen molar-refractivity contribution in [3.05, 3.63) is 82.6 Å². The summed E-state index contributed by atoms with van der Waals surface area (Å²) < 4.78 is 34.3.